The van der Waals surface area contributed by atoms with Gasteiger partial charge in [-0.1, -0.05) is 48.5 Å². The van der Waals surface area contributed by atoms with Gasteiger partial charge in [-0.15, -0.1) is 0 Å². The van der Waals surface area contributed by atoms with Crippen molar-refractivity contribution in [2.24, 2.45) is 0 Å². The van der Waals surface area contributed by atoms with Crippen molar-refractivity contribution in [2.75, 3.05) is 26.2 Å². The van der Waals surface area contributed by atoms with Gasteiger partial charge >= 0.3 is 6.09 Å². The van der Waals surface area contributed by atoms with Gasteiger partial charge in [-0.2, -0.15) is 0 Å². The van der Waals surface area contributed by atoms with Gasteiger partial charge in [0.1, 0.15) is 23.4 Å². The lowest BCUT2D eigenvalue weighted by molar-refractivity contribution is -0.0687. The molecular formula is C30H31F3N2O2. The quantitative estimate of drug-likeness (QED) is 0.349. The van der Waals surface area contributed by atoms with E-state index >= 15 is 0 Å². The van der Waals surface area contributed by atoms with E-state index in [-0.39, 0.29) is 17.7 Å². The molecule has 194 valence electrons. The summed E-state index contributed by atoms with van der Waals surface area (Å²) in [5.41, 5.74) is 2.71. The highest BCUT2D eigenvalue weighted by Crippen LogP contribution is 2.40. The smallest absolute Gasteiger partial charge is 0.411 e. The third-order valence-corrected chi connectivity index (χ3v) is 7.73. The van der Waals surface area contributed by atoms with Gasteiger partial charge < -0.3 is 14.5 Å². The number of hydrogen-bond donors (Lipinski definition) is 0. The zero-order valence-corrected chi connectivity index (χ0v) is 20.9. The SMILES string of the molecule is C[C@@H](c1ccc(-c2ccc(F)cc2)cc1)N1CCC(CCN2CCC(F)C2)(c2ccc(F)cc2)OC1=O. The zero-order chi connectivity index (χ0) is 26.0. The number of carbonyl (C=O) groups is 1. The molecule has 37 heavy (non-hydrogen) atoms. The second-order valence-electron chi connectivity index (χ2n) is 10.1. The third-order valence-electron chi connectivity index (χ3n) is 7.73. The first-order valence-electron chi connectivity index (χ1n) is 12.8. The number of nitrogens with zero attached hydrogens (tertiary/aromatic N) is 2. The van der Waals surface area contributed by atoms with Crippen LogP contribution in [0.2, 0.25) is 0 Å². The summed E-state index contributed by atoms with van der Waals surface area (Å²) in [5.74, 6) is -0.624. The van der Waals surface area contributed by atoms with Crippen LogP contribution in [0.15, 0.2) is 72.8 Å². The highest BCUT2D eigenvalue weighted by atomic mass is 19.1. The Kier molecular flexibility index (Phi) is 7.24. The van der Waals surface area contributed by atoms with Gasteiger partial charge in [0.05, 0.1) is 6.04 Å². The normalized spacial score (nSPS) is 23.2. The maximum Gasteiger partial charge on any atom is 0.411 e. The topological polar surface area (TPSA) is 32.8 Å². The summed E-state index contributed by atoms with van der Waals surface area (Å²) in [6, 6.07) is 20.1. The standard InChI is InChI=1S/C30H31F3N2O2/c1-21(22-2-4-23(5-3-22)24-6-10-26(31)11-7-24)35-19-16-30(37-29(35)36,25-8-12-27(32)13-9-25)15-18-34-17-14-28(33)20-34/h2-13,21,28H,14-20H2,1H3/t21-,28?,30?/m0/s1. The molecule has 7 heteroatoms. The molecule has 2 aliphatic rings. The number of alkyl halides is 1. The van der Waals surface area contributed by atoms with Crippen molar-refractivity contribution >= 4 is 6.09 Å². The van der Waals surface area contributed by atoms with Gasteiger partial charge in [-0.05, 0) is 59.9 Å². The Morgan fingerprint density at radius 1 is 0.919 bits per heavy atom. The number of cyclic esters (lactones) is 1. The number of amides is 1. The van der Waals surface area contributed by atoms with Crippen molar-refractivity contribution in [1.29, 1.82) is 0 Å². The fourth-order valence-electron chi connectivity index (χ4n) is 5.40. The lowest BCUT2D eigenvalue weighted by Crippen LogP contribution is -2.49. The fraction of sp³-hybridized carbons (Fsp3) is 0.367. The molecule has 2 unspecified atom stereocenters. The Balaban J connectivity index is 1.31. The van der Waals surface area contributed by atoms with Crippen LogP contribution in [0.1, 0.15) is 43.4 Å². The Morgan fingerprint density at radius 2 is 1.51 bits per heavy atom. The summed E-state index contributed by atoms with van der Waals surface area (Å²) in [7, 11) is 0. The first-order valence-corrected chi connectivity index (χ1v) is 12.8. The van der Waals surface area contributed by atoms with Crippen LogP contribution in [0.25, 0.3) is 11.1 Å². The number of rotatable bonds is 7. The minimum Gasteiger partial charge on any atom is -0.438 e. The Bertz CT molecular complexity index is 1220. The Morgan fingerprint density at radius 3 is 2.08 bits per heavy atom. The molecule has 3 atom stereocenters. The highest BCUT2D eigenvalue weighted by Gasteiger charge is 2.44. The fourth-order valence-corrected chi connectivity index (χ4v) is 5.40. The summed E-state index contributed by atoms with van der Waals surface area (Å²) in [6.45, 7) is 4.12. The number of benzene rings is 3. The van der Waals surface area contributed by atoms with Crippen molar-refractivity contribution < 1.29 is 22.7 Å². The van der Waals surface area contributed by atoms with Crippen LogP contribution in [-0.4, -0.2) is 48.2 Å². The number of carbonyl (C=O) groups excluding carboxylic acids is 1. The summed E-state index contributed by atoms with van der Waals surface area (Å²) in [6.07, 6.45) is 0.354. The van der Waals surface area contributed by atoms with Crippen LogP contribution in [0.3, 0.4) is 0 Å². The van der Waals surface area contributed by atoms with E-state index < -0.39 is 17.9 Å². The molecule has 0 saturated carbocycles. The monoisotopic (exact) mass is 508 g/mol. The van der Waals surface area contributed by atoms with E-state index in [1.807, 2.05) is 31.2 Å². The van der Waals surface area contributed by atoms with Crippen molar-refractivity contribution in [3.8, 4) is 11.1 Å². The molecule has 3 aromatic carbocycles. The van der Waals surface area contributed by atoms with E-state index in [0.717, 1.165) is 22.3 Å². The first kappa shape index (κ1) is 25.3. The van der Waals surface area contributed by atoms with E-state index in [0.29, 0.717) is 45.4 Å². The van der Waals surface area contributed by atoms with E-state index in [2.05, 4.69) is 4.90 Å². The molecule has 0 aliphatic carbocycles. The molecule has 5 rings (SSSR count). The van der Waals surface area contributed by atoms with Gasteiger partial charge in [0, 0.05) is 39.0 Å². The van der Waals surface area contributed by atoms with Crippen LogP contribution in [0.5, 0.6) is 0 Å². The predicted molar refractivity (Wildman–Crippen MR) is 137 cm³/mol. The van der Waals surface area contributed by atoms with Crippen LogP contribution in [0, 0.1) is 11.6 Å². The minimum atomic E-state index is -0.887. The molecule has 2 heterocycles. The Hall–Kier alpha value is -3.32. The molecule has 0 N–H and O–H groups in total. The number of likely N-dealkylation sites (tertiary alicyclic amines) is 1. The maximum absolute atomic E-state index is 13.7. The van der Waals surface area contributed by atoms with Gasteiger partial charge in [0.15, 0.2) is 0 Å². The van der Waals surface area contributed by atoms with Crippen molar-refractivity contribution in [3.63, 3.8) is 0 Å². The van der Waals surface area contributed by atoms with Crippen molar-refractivity contribution in [2.45, 2.75) is 44.0 Å². The van der Waals surface area contributed by atoms with Gasteiger partial charge in [-0.25, -0.2) is 18.0 Å². The van der Waals surface area contributed by atoms with Crippen LogP contribution in [0.4, 0.5) is 18.0 Å². The van der Waals surface area contributed by atoms with E-state index in [9.17, 15) is 18.0 Å². The van der Waals surface area contributed by atoms with E-state index in [1.165, 1.54) is 24.3 Å². The summed E-state index contributed by atoms with van der Waals surface area (Å²) in [5, 5.41) is 0. The van der Waals surface area contributed by atoms with Crippen LogP contribution in [-0.2, 0) is 10.3 Å². The molecule has 2 aliphatic heterocycles. The first-order chi connectivity index (χ1) is 17.8. The summed E-state index contributed by atoms with van der Waals surface area (Å²) < 4.78 is 46.8. The summed E-state index contributed by atoms with van der Waals surface area (Å²) in [4.78, 5) is 17.1. The second-order valence-corrected chi connectivity index (χ2v) is 10.1. The third kappa shape index (κ3) is 5.52. The average molecular weight is 509 g/mol. The zero-order valence-electron chi connectivity index (χ0n) is 20.9. The number of halogens is 3. The molecule has 3 aromatic rings. The summed E-state index contributed by atoms with van der Waals surface area (Å²) >= 11 is 0. The predicted octanol–water partition coefficient (Wildman–Crippen LogP) is 6.86. The van der Waals surface area contributed by atoms with Crippen LogP contribution >= 0.6 is 0 Å². The van der Waals surface area contributed by atoms with Crippen molar-refractivity contribution in [1.82, 2.24) is 9.80 Å². The molecule has 2 saturated heterocycles. The molecular weight excluding hydrogens is 477 g/mol. The molecule has 2 fully saturated rings. The molecule has 0 bridgehead atoms. The lowest BCUT2D eigenvalue weighted by atomic mass is 9.85. The van der Waals surface area contributed by atoms with Crippen LogP contribution < -0.4 is 0 Å². The largest absolute Gasteiger partial charge is 0.438 e. The van der Waals surface area contributed by atoms with Gasteiger partial charge in [-0.3, -0.25) is 0 Å². The molecule has 0 radical (unpaired) electrons. The number of hydrogen-bond acceptors (Lipinski definition) is 3. The van der Waals surface area contributed by atoms with Gasteiger partial charge in [0.2, 0.25) is 0 Å². The minimum absolute atomic E-state index is 0.216. The molecule has 0 aromatic heterocycles. The number of ether oxygens (including phenoxy) is 1. The van der Waals surface area contributed by atoms with Crippen molar-refractivity contribution in [3.05, 3.63) is 95.6 Å². The molecule has 4 nitrogen and oxygen atoms in total. The average Bonchev–Trinajstić information content (AvgIpc) is 3.33. The van der Waals surface area contributed by atoms with E-state index in [1.54, 1.807) is 29.2 Å². The Labute approximate surface area is 215 Å². The second kappa shape index (κ2) is 10.6. The van der Waals surface area contributed by atoms with Gasteiger partial charge in [0.25, 0.3) is 0 Å². The maximum atomic E-state index is 13.7. The highest BCUT2D eigenvalue weighted by molar-refractivity contribution is 5.70. The lowest BCUT2D eigenvalue weighted by Gasteiger charge is -2.44. The molecule has 0 spiro atoms. The van der Waals surface area contributed by atoms with E-state index in [4.69, 9.17) is 4.74 Å². The molecule has 1 amide bonds.